The minimum atomic E-state index is 0. The Hall–Kier alpha value is -0.640. The predicted octanol–water partition coefficient (Wildman–Crippen LogP) is 4.45. The van der Waals surface area contributed by atoms with Crippen LogP contribution in [0.2, 0.25) is 10.0 Å². The number of rotatable bonds is 2. The number of amides is 2. The molecule has 0 unspecified atom stereocenters. The van der Waals surface area contributed by atoms with Gasteiger partial charge in [0.25, 0.3) is 0 Å². The molecule has 3 nitrogen and oxygen atoms in total. The molecule has 0 aliphatic carbocycles. The standard InChI is InChI=1S/C14H18Cl2N2O.ClH/c1-17(14(19)18-5-3-2-4-6-18)10-11-7-12(15)9-13(16)8-11;/h7-9H,2-6,10H2,1H3;1H. The highest BCUT2D eigenvalue weighted by Gasteiger charge is 2.20. The third-order valence-corrected chi connectivity index (χ3v) is 3.73. The molecule has 1 aromatic rings. The zero-order chi connectivity index (χ0) is 13.8. The molecule has 1 aliphatic rings. The normalized spacial score (nSPS) is 14.7. The number of piperidine rings is 1. The fraction of sp³-hybridized carbons (Fsp3) is 0.500. The Balaban J connectivity index is 0.00000200. The van der Waals surface area contributed by atoms with Crippen LogP contribution in [0, 0.1) is 0 Å². The van der Waals surface area contributed by atoms with E-state index < -0.39 is 0 Å². The Morgan fingerprint density at radius 1 is 1.15 bits per heavy atom. The largest absolute Gasteiger partial charge is 0.325 e. The highest BCUT2D eigenvalue weighted by atomic mass is 35.5. The number of carbonyl (C=O) groups excluding carboxylic acids is 1. The lowest BCUT2D eigenvalue weighted by atomic mass is 10.1. The van der Waals surface area contributed by atoms with Gasteiger partial charge in [0.2, 0.25) is 0 Å². The van der Waals surface area contributed by atoms with Gasteiger partial charge in [0.05, 0.1) is 0 Å². The Kier molecular flexibility index (Phi) is 6.93. The van der Waals surface area contributed by atoms with Gasteiger partial charge in [0.15, 0.2) is 0 Å². The monoisotopic (exact) mass is 336 g/mol. The fourth-order valence-electron chi connectivity index (χ4n) is 2.37. The van der Waals surface area contributed by atoms with Crippen LogP contribution in [0.25, 0.3) is 0 Å². The van der Waals surface area contributed by atoms with Crippen LogP contribution in [0.5, 0.6) is 0 Å². The molecule has 2 amide bonds. The number of hydrogen-bond acceptors (Lipinski definition) is 1. The first-order valence-electron chi connectivity index (χ1n) is 6.51. The van der Waals surface area contributed by atoms with E-state index in [1.54, 1.807) is 11.0 Å². The molecule has 0 bridgehead atoms. The summed E-state index contributed by atoms with van der Waals surface area (Å²) in [5.74, 6) is 0. The van der Waals surface area contributed by atoms with Gasteiger partial charge in [-0.25, -0.2) is 4.79 Å². The first kappa shape index (κ1) is 17.4. The molecule has 20 heavy (non-hydrogen) atoms. The van der Waals surface area contributed by atoms with E-state index in [-0.39, 0.29) is 18.4 Å². The molecule has 6 heteroatoms. The van der Waals surface area contributed by atoms with Gasteiger partial charge in [-0.2, -0.15) is 0 Å². The summed E-state index contributed by atoms with van der Waals surface area (Å²) in [5.41, 5.74) is 0.949. The highest BCUT2D eigenvalue weighted by Crippen LogP contribution is 2.20. The van der Waals surface area contributed by atoms with Gasteiger partial charge in [-0.1, -0.05) is 23.2 Å². The number of carbonyl (C=O) groups is 1. The Bertz CT molecular complexity index is 441. The second-order valence-electron chi connectivity index (χ2n) is 4.96. The van der Waals surface area contributed by atoms with Gasteiger partial charge in [-0.05, 0) is 43.0 Å². The van der Waals surface area contributed by atoms with Gasteiger partial charge >= 0.3 is 6.03 Å². The quantitative estimate of drug-likeness (QED) is 0.782. The van der Waals surface area contributed by atoms with Crippen molar-refractivity contribution in [2.75, 3.05) is 20.1 Å². The number of urea groups is 1. The van der Waals surface area contributed by atoms with E-state index in [2.05, 4.69) is 0 Å². The van der Waals surface area contributed by atoms with Gasteiger partial charge in [0, 0.05) is 36.7 Å². The van der Waals surface area contributed by atoms with Crippen molar-refractivity contribution < 1.29 is 4.79 Å². The van der Waals surface area contributed by atoms with Crippen molar-refractivity contribution in [3.8, 4) is 0 Å². The van der Waals surface area contributed by atoms with Crippen LogP contribution in [0.1, 0.15) is 24.8 Å². The number of nitrogens with zero attached hydrogens (tertiary/aromatic N) is 2. The number of benzene rings is 1. The molecule has 0 spiro atoms. The summed E-state index contributed by atoms with van der Waals surface area (Å²) in [6.45, 7) is 2.24. The van der Waals surface area contributed by atoms with Crippen LogP contribution in [0.4, 0.5) is 4.79 Å². The van der Waals surface area contributed by atoms with Crippen LogP contribution >= 0.6 is 35.6 Å². The van der Waals surface area contributed by atoms with Gasteiger partial charge in [-0.15, -0.1) is 12.4 Å². The number of likely N-dealkylation sites (tertiary alicyclic amines) is 1. The summed E-state index contributed by atoms with van der Waals surface area (Å²) < 4.78 is 0. The molecular weight excluding hydrogens is 319 g/mol. The SMILES string of the molecule is CN(Cc1cc(Cl)cc(Cl)c1)C(=O)N1CCCCC1.Cl. The van der Waals surface area contributed by atoms with Crippen molar-refractivity contribution in [1.29, 1.82) is 0 Å². The van der Waals surface area contributed by atoms with Gasteiger partial charge in [-0.3, -0.25) is 0 Å². The van der Waals surface area contributed by atoms with E-state index in [0.29, 0.717) is 16.6 Å². The maximum Gasteiger partial charge on any atom is 0.320 e. The number of hydrogen-bond donors (Lipinski definition) is 0. The molecule has 1 aromatic carbocycles. The molecule has 0 radical (unpaired) electrons. The summed E-state index contributed by atoms with van der Waals surface area (Å²) in [4.78, 5) is 15.9. The lowest BCUT2D eigenvalue weighted by Crippen LogP contribution is -2.43. The smallest absolute Gasteiger partial charge is 0.320 e. The third kappa shape index (κ3) is 4.72. The summed E-state index contributed by atoms with van der Waals surface area (Å²) in [6, 6.07) is 5.45. The van der Waals surface area contributed by atoms with Crippen LogP contribution in [-0.4, -0.2) is 36.0 Å². The molecule has 112 valence electrons. The molecule has 2 rings (SSSR count). The van der Waals surface area contributed by atoms with Crippen molar-refractivity contribution in [2.45, 2.75) is 25.8 Å². The fourth-order valence-corrected chi connectivity index (χ4v) is 2.94. The molecule has 0 atom stereocenters. The molecule has 1 fully saturated rings. The van der Waals surface area contributed by atoms with E-state index in [1.807, 2.05) is 24.1 Å². The molecule has 1 aliphatic heterocycles. The molecular formula is C14H19Cl3N2O. The molecule has 0 N–H and O–H groups in total. The average Bonchev–Trinajstić information content (AvgIpc) is 2.37. The van der Waals surface area contributed by atoms with Crippen molar-refractivity contribution in [3.05, 3.63) is 33.8 Å². The minimum Gasteiger partial charge on any atom is -0.325 e. The van der Waals surface area contributed by atoms with E-state index >= 15 is 0 Å². The zero-order valence-electron chi connectivity index (χ0n) is 11.4. The van der Waals surface area contributed by atoms with E-state index in [0.717, 1.165) is 31.5 Å². The predicted molar refractivity (Wildman–Crippen MR) is 86.0 cm³/mol. The summed E-state index contributed by atoms with van der Waals surface area (Å²) >= 11 is 11.9. The number of halogens is 3. The summed E-state index contributed by atoms with van der Waals surface area (Å²) in [6.07, 6.45) is 3.42. The van der Waals surface area contributed by atoms with Crippen LogP contribution in [-0.2, 0) is 6.54 Å². The lowest BCUT2D eigenvalue weighted by molar-refractivity contribution is 0.151. The molecule has 0 saturated carbocycles. The Morgan fingerprint density at radius 3 is 2.25 bits per heavy atom. The zero-order valence-corrected chi connectivity index (χ0v) is 13.8. The topological polar surface area (TPSA) is 23.6 Å². The lowest BCUT2D eigenvalue weighted by Gasteiger charge is -2.31. The van der Waals surface area contributed by atoms with Gasteiger partial charge in [0.1, 0.15) is 0 Å². The van der Waals surface area contributed by atoms with Crippen molar-refractivity contribution in [3.63, 3.8) is 0 Å². The first-order chi connectivity index (χ1) is 9.06. The van der Waals surface area contributed by atoms with E-state index in [1.165, 1.54) is 6.42 Å². The molecule has 0 aromatic heterocycles. The van der Waals surface area contributed by atoms with E-state index in [4.69, 9.17) is 23.2 Å². The maximum atomic E-state index is 12.3. The van der Waals surface area contributed by atoms with Crippen LogP contribution in [0.15, 0.2) is 18.2 Å². The van der Waals surface area contributed by atoms with Crippen molar-refractivity contribution in [2.24, 2.45) is 0 Å². The molecule has 1 saturated heterocycles. The van der Waals surface area contributed by atoms with E-state index in [9.17, 15) is 4.79 Å². The maximum absolute atomic E-state index is 12.3. The Labute approximate surface area is 136 Å². The van der Waals surface area contributed by atoms with Crippen LogP contribution in [0.3, 0.4) is 0 Å². The van der Waals surface area contributed by atoms with Crippen LogP contribution < -0.4 is 0 Å². The second-order valence-corrected chi connectivity index (χ2v) is 5.84. The summed E-state index contributed by atoms with van der Waals surface area (Å²) in [7, 11) is 1.81. The minimum absolute atomic E-state index is 0. The third-order valence-electron chi connectivity index (χ3n) is 3.30. The highest BCUT2D eigenvalue weighted by molar-refractivity contribution is 6.34. The average molecular weight is 338 g/mol. The first-order valence-corrected chi connectivity index (χ1v) is 7.27. The van der Waals surface area contributed by atoms with Crippen molar-refractivity contribution >= 4 is 41.6 Å². The summed E-state index contributed by atoms with van der Waals surface area (Å²) in [5, 5.41) is 1.20. The second kappa shape index (κ2) is 7.96. The van der Waals surface area contributed by atoms with Crippen molar-refractivity contribution in [1.82, 2.24) is 9.80 Å². The molecule has 1 heterocycles. The van der Waals surface area contributed by atoms with Gasteiger partial charge < -0.3 is 9.80 Å². The Morgan fingerprint density at radius 2 is 1.70 bits per heavy atom.